The van der Waals surface area contributed by atoms with Gasteiger partial charge in [0.05, 0.1) is 11.8 Å². The standard InChI is InChI=1S/C16H17FN2O2/c1-11(2)21-15-6-4-3-5-14(15)19-16(20)18-13-9-7-12(17)8-10-13/h3-11H,1-2H3,(H2,18,19,20). The summed E-state index contributed by atoms with van der Waals surface area (Å²) in [4.78, 5) is 11.9. The van der Waals surface area contributed by atoms with Crippen LogP contribution in [0.4, 0.5) is 20.6 Å². The average Bonchev–Trinajstić information content (AvgIpc) is 2.43. The van der Waals surface area contributed by atoms with Gasteiger partial charge in [0, 0.05) is 5.69 Å². The van der Waals surface area contributed by atoms with Gasteiger partial charge in [0.2, 0.25) is 0 Å². The van der Waals surface area contributed by atoms with Gasteiger partial charge in [-0.2, -0.15) is 0 Å². The molecule has 110 valence electrons. The van der Waals surface area contributed by atoms with E-state index in [0.717, 1.165) is 0 Å². The molecule has 0 aliphatic rings. The van der Waals surface area contributed by atoms with Gasteiger partial charge in [-0.3, -0.25) is 0 Å². The van der Waals surface area contributed by atoms with Gasteiger partial charge in [0.25, 0.3) is 0 Å². The molecule has 0 unspecified atom stereocenters. The van der Waals surface area contributed by atoms with Crippen molar-refractivity contribution in [2.45, 2.75) is 20.0 Å². The molecule has 0 fully saturated rings. The Morgan fingerprint density at radius 1 is 1.05 bits per heavy atom. The first-order valence-electron chi connectivity index (χ1n) is 6.64. The van der Waals surface area contributed by atoms with Crippen molar-refractivity contribution >= 4 is 17.4 Å². The number of carbonyl (C=O) groups is 1. The van der Waals surface area contributed by atoms with Crippen LogP contribution in [-0.2, 0) is 0 Å². The van der Waals surface area contributed by atoms with E-state index in [2.05, 4.69) is 10.6 Å². The second kappa shape index (κ2) is 6.74. The molecule has 0 aromatic heterocycles. The molecule has 0 aliphatic carbocycles. The minimum Gasteiger partial charge on any atom is -0.489 e. The molecule has 0 aliphatic heterocycles. The fourth-order valence-corrected chi connectivity index (χ4v) is 1.74. The van der Waals surface area contributed by atoms with Crippen molar-refractivity contribution in [3.05, 3.63) is 54.3 Å². The van der Waals surface area contributed by atoms with Gasteiger partial charge in [-0.25, -0.2) is 9.18 Å². The van der Waals surface area contributed by atoms with Crippen molar-refractivity contribution in [2.24, 2.45) is 0 Å². The third kappa shape index (κ3) is 4.49. The number of amides is 2. The van der Waals surface area contributed by atoms with Crippen molar-refractivity contribution in [2.75, 3.05) is 10.6 Å². The Kier molecular flexibility index (Phi) is 4.77. The molecule has 0 saturated carbocycles. The highest BCUT2D eigenvalue weighted by Crippen LogP contribution is 2.25. The number of benzene rings is 2. The largest absolute Gasteiger partial charge is 0.489 e. The lowest BCUT2D eigenvalue weighted by Crippen LogP contribution is -2.20. The van der Waals surface area contributed by atoms with Crippen LogP contribution in [0, 0.1) is 5.82 Å². The summed E-state index contributed by atoms with van der Waals surface area (Å²) in [5, 5.41) is 5.34. The maximum atomic E-state index is 12.8. The zero-order valence-corrected chi connectivity index (χ0v) is 11.9. The van der Waals surface area contributed by atoms with E-state index >= 15 is 0 Å². The maximum absolute atomic E-state index is 12.8. The molecule has 0 heterocycles. The van der Waals surface area contributed by atoms with E-state index in [1.165, 1.54) is 24.3 Å². The van der Waals surface area contributed by atoms with Gasteiger partial charge in [0.15, 0.2) is 0 Å². The summed E-state index contributed by atoms with van der Waals surface area (Å²) in [6, 6.07) is 12.3. The Labute approximate surface area is 122 Å². The van der Waals surface area contributed by atoms with Gasteiger partial charge in [-0.1, -0.05) is 12.1 Å². The number of rotatable bonds is 4. The van der Waals surface area contributed by atoms with Crippen molar-refractivity contribution in [3.63, 3.8) is 0 Å². The molecule has 0 atom stereocenters. The van der Waals surface area contributed by atoms with E-state index in [4.69, 9.17) is 4.74 Å². The summed E-state index contributed by atoms with van der Waals surface area (Å²) in [7, 11) is 0. The molecule has 2 aromatic rings. The lowest BCUT2D eigenvalue weighted by atomic mass is 10.3. The molecule has 21 heavy (non-hydrogen) atoms. The molecule has 0 saturated heterocycles. The summed E-state index contributed by atoms with van der Waals surface area (Å²) < 4.78 is 18.4. The minimum absolute atomic E-state index is 0.00751. The third-order valence-electron chi connectivity index (χ3n) is 2.60. The lowest BCUT2D eigenvalue weighted by Gasteiger charge is -2.15. The summed E-state index contributed by atoms with van der Waals surface area (Å²) in [5.41, 5.74) is 1.09. The van der Waals surface area contributed by atoms with E-state index in [1.54, 1.807) is 18.2 Å². The van der Waals surface area contributed by atoms with Crippen molar-refractivity contribution in [1.29, 1.82) is 0 Å². The quantitative estimate of drug-likeness (QED) is 0.883. The van der Waals surface area contributed by atoms with Crippen LogP contribution in [0.15, 0.2) is 48.5 Å². The molecule has 5 heteroatoms. The average molecular weight is 288 g/mol. The Balaban J connectivity index is 2.04. The van der Waals surface area contributed by atoms with E-state index in [1.807, 2.05) is 19.9 Å². The van der Waals surface area contributed by atoms with Crippen LogP contribution in [0.3, 0.4) is 0 Å². The number of carbonyl (C=O) groups excluding carboxylic acids is 1. The molecule has 2 N–H and O–H groups in total. The molecular formula is C16H17FN2O2. The Morgan fingerprint density at radius 2 is 1.71 bits per heavy atom. The van der Waals surface area contributed by atoms with Crippen molar-refractivity contribution < 1.29 is 13.9 Å². The Morgan fingerprint density at radius 3 is 2.38 bits per heavy atom. The van der Waals surface area contributed by atoms with Gasteiger partial charge < -0.3 is 15.4 Å². The summed E-state index contributed by atoms with van der Waals surface area (Å²) in [5.74, 6) is 0.249. The van der Waals surface area contributed by atoms with Gasteiger partial charge in [-0.15, -0.1) is 0 Å². The highest BCUT2D eigenvalue weighted by Gasteiger charge is 2.08. The molecule has 2 amide bonds. The van der Waals surface area contributed by atoms with E-state index in [0.29, 0.717) is 17.1 Å². The van der Waals surface area contributed by atoms with Gasteiger partial charge in [0.1, 0.15) is 11.6 Å². The molecule has 4 nitrogen and oxygen atoms in total. The number of hydrogen-bond donors (Lipinski definition) is 2. The summed E-state index contributed by atoms with van der Waals surface area (Å²) in [6.07, 6.45) is 0.00751. The summed E-state index contributed by atoms with van der Waals surface area (Å²) >= 11 is 0. The van der Waals surface area contributed by atoms with Crippen LogP contribution in [0.5, 0.6) is 5.75 Å². The van der Waals surface area contributed by atoms with Crippen molar-refractivity contribution in [1.82, 2.24) is 0 Å². The third-order valence-corrected chi connectivity index (χ3v) is 2.60. The molecule has 0 radical (unpaired) electrons. The number of anilines is 2. The first-order valence-corrected chi connectivity index (χ1v) is 6.64. The maximum Gasteiger partial charge on any atom is 0.323 e. The molecular weight excluding hydrogens is 271 g/mol. The highest BCUT2D eigenvalue weighted by atomic mass is 19.1. The number of hydrogen-bond acceptors (Lipinski definition) is 2. The first kappa shape index (κ1) is 14.8. The normalized spacial score (nSPS) is 10.3. The lowest BCUT2D eigenvalue weighted by molar-refractivity contribution is 0.243. The molecule has 2 rings (SSSR count). The van der Waals surface area contributed by atoms with E-state index < -0.39 is 6.03 Å². The minimum atomic E-state index is -0.415. The van der Waals surface area contributed by atoms with Crippen molar-refractivity contribution in [3.8, 4) is 5.75 Å². The Bertz CT molecular complexity index is 612. The number of halogens is 1. The van der Waals surface area contributed by atoms with Gasteiger partial charge >= 0.3 is 6.03 Å². The number of nitrogens with one attached hydrogen (secondary N) is 2. The van der Waals surface area contributed by atoms with Crippen LogP contribution in [0.25, 0.3) is 0 Å². The fourth-order valence-electron chi connectivity index (χ4n) is 1.74. The predicted octanol–water partition coefficient (Wildman–Crippen LogP) is 4.26. The fraction of sp³-hybridized carbons (Fsp3) is 0.188. The van der Waals surface area contributed by atoms with Crippen LogP contribution in [0.2, 0.25) is 0 Å². The molecule has 0 spiro atoms. The van der Waals surface area contributed by atoms with Crippen LogP contribution in [-0.4, -0.2) is 12.1 Å². The van der Waals surface area contributed by atoms with Crippen LogP contribution >= 0.6 is 0 Å². The molecule has 2 aromatic carbocycles. The van der Waals surface area contributed by atoms with Crippen LogP contribution < -0.4 is 15.4 Å². The number of ether oxygens (including phenoxy) is 1. The first-order chi connectivity index (χ1) is 10.0. The highest BCUT2D eigenvalue weighted by molar-refractivity contribution is 6.00. The van der Waals surface area contributed by atoms with Crippen LogP contribution in [0.1, 0.15) is 13.8 Å². The second-order valence-electron chi connectivity index (χ2n) is 4.75. The number of para-hydroxylation sites is 2. The Hall–Kier alpha value is -2.56. The van der Waals surface area contributed by atoms with Gasteiger partial charge in [-0.05, 0) is 50.2 Å². The SMILES string of the molecule is CC(C)Oc1ccccc1NC(=O)Nc1ccc(F)cc1. The second-order valence-corrected chi connectivity index (χ2v) is 4.75. The van der Waals surface area contributed by atoms with E-state index in [-0.39, 0.29) is 11.9 Å². The smallest absolute Gasteiger partial charge is 0.323 e. The monoisotopic (exact) mass is 288 g/mol. The zero-order chi connectivity index (χ0) is 15.2. The number of urea groups is 1. The zero-order valence-electron chi connectivity index (χ0n) is 11.9. The topological polar surface area (TPSA) is 50.4 Å². The predicted molar refractivity (Wildman–Crippen MR) is 81.2 cm³/mol. The summed E-state index contributed by atoms with van der Waals surface area (Å²) in [6.45, 7) is 3.82. The molecule has 0 bridgehead atoms. The van der Waals surface area contributed by atoms with E-state index in [9.17, 15) is 9.18 Å².